The Morgan fingerprint density at radius 1 is 1.06 bits per heavy atom. The van der Waals surface area contributed by atoms with Crippen molar-refractivity contribution >= 4 is 28.5 Å². The summed E-state index contributed by atoms with van der Waals surface area (Å²) in [5, 5.41) is 3.35. The van der Waals surface area contributed by atoms with E-state index in [0.717, 1.165) is 55.7 Å². The maximum atomic E-state index is 11.9. The quantitative estimate of drug-likeness (QED) is 0.470. The van der Waals surface area contributed by atoms with Crippen molar-refractivity contribution in [3.63, 3.8) is 0 Å². The van der Waals surface area contributed by atoms with E-state index in [-0.39, 0.29) is 22.9 Å². The van der Waals surface area contributed by atoms with Gasteiger partial charge in [-0.15, -0.1) is 0 Å². The molecule has 3 aliphatic rings. The van der Waals surface area contributed by atoms with Crippen LogP contribution in [0.5, 0.6) is 0 Å². The van der Waals surface area contributed by atoms with Gasteiger partial charge in [0, 0.05) is 30.5 Å². The number of methoxy groups -OCH3 is 1. The van der Waals surface area contributed by atoms with Gasteiger partial charge in [0.1, 0.15) is 0 Å². The molecule has 1 saturated heterocycles. The number of benzene rings is 1. The molecule has 1 aliphatic heterocycles. The van der Waals surface area contributed by atoms with Gasteiger partial charge in [0.25, 0.3) is 0 Å². The fourth-order valence-electron chi connectivity index (χ4n) is 4.76. The molecule has 0 atom stereocenters. The topological polar surface area (TPSA) is 73.9 Å². The fourth-order valence-corrected chi connectivity index (χ4v) is 4.98. The Morgan fingerprint density at radius 2 is 1.69 bits per heavy atom. The summed E-state index contributed by atoms with van der Waals surface area (Å²) in [6.45, 7) is 5.59. The van der Waals surface area contributed by atoms with Crippen LogP contribution in [0.15, 0.2) is 18.2 Å². The van der Waals surface area contributed by atoms with E-state index in [4.69, 9.17) is 25.8 Å². The summed E-state index contributed by atoms with van der Waals surface area (Å²) >= 11 is 5.37. The summed E-state index contributed by atoms with van der Waals surface area (Å²) in [6, 6.07) is 6.14. The minimum absolute atomic E-state index is 0.132. The summed E-state index contributed by atoms with van der Waals surface area (Å²) in [5.41, 5.74) is 2.48. The first-order valence-corrected chi connectivity index (χ1v) is 12.1. The molecular weight excluding hydrogens is 430 g/mol. The average Bonchev–Trinajstić information content (AvgIpc) is 3.25. The number of carbonyl (C=O) groups is 2. The lowest BCUT2D eigenvalue weighted by Crippen LogP contribution is -2.39. The summed E-state index contributed by atoms with van der Waals surface area (Å²) in [5.74, 6) is 0.308. The van der Waals surface area contributed by atoms with Crippen LogP contribution in [0.3, 0.4) is 0 Å². The number of rotatable bonds is 4. The van der Waals surface area contributed by atoms with Crippen molar-refractivity contribution in [3.8, 4) is 0 Å². The third kappa shape index (κ3) is 6.69. The zero-order chi connectivity index (χ0) is 23.1. The summed E-state index contributed by atoms with van der Waals surface area (Å²) in [7, 11) is 1.41. The van der Waals surface area contributed by atoms with E-state index in [2.05, 4.69) is 12.2 Å². The number of aryl methyl sites for hydroxylation is 1. The van der Waals surface area contributed by atoms with Crippen LogP contribution in [0.2, 0.25) is 0 Å². The first-order chi connectivity index (χ1) is 15.3. The van der Waals surface area contributed by atoms with Crippen molar-refractivity contribution in [1.29, 1.82) is 0 Å². The molecule has 0 unspecified atom stereocenters. The van der Waals surface area contributed by atoms with Crippen LogP contribution in [0.4, 0.5) is 5.69 Å². The van der Waals surface area contributed by atoms with E-state index in [1.807, 2.05) is 25.1 Å². The van der Waals surface area contributed by atoms with Gasteiger partial charge in [-0.05, 0) is 75.1 Å². The van der Waals surface area contributed by atoms with Gasteiger partial charge in [-0.3, -0.25) is 4.79 Å². The first kappa shape index (κ1) is 25.0. The second kappa shape index (κ2) is 11.5. The van der Waals surface area contributed by atoms with Crippen molar-refractivity contribution < 1.29 is 23.8 Å². The molecule has 1 aromatic rings. The maximum absolute atomic E-state index is 11.9. The predicted molar refractivity (Wildman–Crippen MR) is 125 cm³/mol. The first-order valence-electron chi connectivity index (χ1n) is 11.7. The Labute approximate surface area is 196 Å². The van der Waals surface area contributed by atoms with Crippen LogP contribution in [0.25, 0.3) is 0 Å². The van der Waals surface area contributed by atoms with E-state index in [9.17, 15) is 9.59 Å². The number of anilines is 1. The lowest BCUT2D eigenvalue weighted by atomic mass is 9.84. The number of hydrogen-bond donors (Lipinski definition) is 1. The molecule has 178 valence electrons. The van der Waals surface area contributed by atoms with Gasteiger partial charge in [-0.2, -0.15) is 0 Å². The SMILES string of the molecule is CC1CCC(C(=O)Cl)CC1.COC(=O)c1cc(C)ccc1NC1CCC2(CC1)OCCO2. The number of hydrogen-bond acceptors (Lipinski definition) is 6. The van der Waals surface area contributed by atoms with E-state index < -0.39 is 0 Å². The normalized spacial score (nSPS) is 25.0. The van der Waals surface area contributed by atoms with Gasteiger partial charge in [-0.25, -0.2) is 4.79 Å². The third-order valence-electron chi connectivity index (χ3n) is 6.84. The lowest BCUT2D eigenvalue weighted by Gasteiger charge is -2.36. The minimum Gasteiger partial charge on any atom is -0.465 e. The molecule has 1 spiro atoms. The van der Waals surface area contributed by atoms with E-state index in [1.165, 1.54) is 20.0 Å². The smallest absolute Gasteiger partial charge is 0.339 e. The molecule has 2 saturated carbocycles. The number of nitrogens with one attached hydrogen (secondary N) is 1. The summed E-state index contributed by atoms with van der Waals surface area (Å²) in [6.07, 6.45) is 8.07. The molecule has 32 heavy (non-hydrogen) atoms. The highest BCUT2D eigenvalue weighted by Crippen LogP contribution is 2.37. The lowest BCUT2D eigenvalue weighted by molar-refractivity contribution is -0.177. The molecule has 1 N–H and O–H groups in total. The molecule has 7 heteroatoms. The van der Waals surface area contributed by atoms with Gasteiger partial charge in [0.15, 0.2) is 5.79 Å². The second-order valence-corrected chi connectivity index (χ2v) is 9.70. The fraction of sp³-hybridized carbons (Fsp3) is 0.680. The Balaban J connectivity index is 0.000000243. The maximum Gasteiger partial charge on any atom is 0.339 e. The van der Waals surface area contributed by atoms with Gasteiger partial charge in [0.05, 0.1) is 25.9 Å². The molecule has 0 bridgehead atoms. The van der Waals surface area contributed by atoms with Gasteiger partial charge < -0.3 is 19.5 Å². The number of ether oxygens (including phenoxy) is 3. The van der Waals surface area contributed by atoms with Crippen molar-refractivity contribution in [3.05, 3.63) is 29.3 Å². The molecule has 1 heterocycles. The van der Waals surface area contributed by atoms with Crippen molar-refractivity contribution in [1.82, 2.24) is 0 Å². The van der Waals surface area contributed by atoms with E-state index in [0.29, 0.717) is 24.8 Å². The molecule has 1 aromatic carbocycles. The molecular formula is C25H36ClNO5. The van der Waals surface area contributed by atoms with Crippen molar-refractivity contribution in [2.75, 3.05) is 25.6 Å². The summed E-state index contributed by atoms with van der Waals surface area (Å²) in [4.78, 5) is 22.6. The average molecular weight is 466 g/mol. The third-order valence-corrected chi connectivity index (χ3v) is 7.15. The van der Waals surface area contributed by atoms with Crippen molar-refractivity contribution in [2.45, 2.75) is 77.0 Å². The Bertz CT molecular complexity index is 775. The molecule has 0 radical (unpaired) electrons. The Kier molecular flexibility index (Phi) is 8.97. The van der Waals surface area contributed by atoms with Gasteiger partial charge in [0.2, 0.25) is 5.24 Å². The molecule has 2 aliphatic carbocycles. The van der Waals surface area contributed by atoms with Crippen LogP contribution in [-0.2, 0) is 19.0 Å². The minimum atomic E-state index is -0.351. The molecule has 3 fully saturated rings. The monoisotopic (exact) mass is 465 g/mol. The number of carbonyl (C=O) groups excluding carboxylic acids is 2. The standard InChI is InChI=1S/C17H23NO4.C8H13ClO/c1-12-3-4-15(14(11-12)16(19)20-2)18-13-5-7-17(8-6-13)21-9-10-22-17;1-6-2-4-7(5-3-6)8(9)10/h3-4,11,13,18H,5-10H2,1-2H3;6-7H,2-5H2,1H3. The van der Waals surface area contributed by atoms with E-state index in [1.54, 1.807) is 0 Å². The largest absolute Gasteiger partial charge is 0.465 e. The predicted octanol–water partition coefficient (Wildman–Crippen LogP) is 5.46. The Hall–Kier alpha value is -1.63. The molecule has 0 aromatic heterocycles. The van der Waals surface area contributed by atoms with Gasteiger partial charge >= 0.3 is 5.97 Å². The molecule has 4 rings (SSSR count). The Morgan fingerprint density at radius 3 is 2.25 bits per heavy atom. The van der Waals surface area contributed by atoms with Crippen molar-refractivity contribution in [2.24, 2.45) is 11.8 Å². The zero-order valence-corrected chi connectivity index (χ0v) is 20.2. The number of esters is 1. The second-order valence-electron chi connectivity index (χ2n) is 9.33. The van der Waals surface area contributed by atoms with E-state index >= 15 is 0 Å². The number of halogens is 1. The highest BCUT2D eigenvalue weighted by atomic mass is 35.5. The molecule has 0 amide bonds. The zero-order valence-electron chi connectivity index (χ0n) is 19.5. The highest BCUT2D eigenvalue weighted by Gasteiger charge is 2.40. The molecule has 6 nitrogen and oxygen atoms in total. The van der Waals surface area contributed by atoms with Gasteiger partial charge in [-0.1, -0.05) is 18.6 Å². The van der Waals surface area contributed by atoms with Crippen LogP contribution in [0.1, 0.15) is 74.2 Å². The van der Waals surface area contributed by atoms with Crippen LogP contribution >= 0.6 is 11.6 Å². The van der Waals surface area contributed by atoms with Crippen LogP contribution in [-0.4, -0.2) is 43.4 Å². The highest BCUT2D eigenvalue weighted by molar-refractivity contribution is 6.63. The van der Waals surface area contributed by atoms with Crippen LogP contribution in [0, 0.1) is 18.8 Å². The van der Waals surface area contributed by atoms with Crippen LogP contribution < -0.4 is 5.32 Å². The summed E-state index contributed by atoms with van der Waals surface area (Å²) < 4.78 is 16.4.